The topological polar surface area (TPSA) is 0 Å². The summed E-state index contributed by atoms with van der Waals surface area (Å²) in [5.74, 6) is 1.12. The minimum absolute atomic E-state index is 0.00823. The number of benzene rings is 6. The molecule has 0 saturated heterocycles. The lowest BCUT2D eigenvalue weighted by molar-refractivity contribution is 0.658. The smallest absolute Gasteiger partial charge is 0.0159 e. The molecule has 0 amide bonds. The van der Waals surface area contributed by atoms with E-state index in [-0.39, 0.29) is 5.41 Å². The van der Waals surface area contributed by atoms with Crippen molar-refractivity contribution in [1.82, 2.24) is 0 Å². The van der Waals surface area contributed by atoms with Crippen molar-refractivity contribution in [2.75, 3.05) is 0 Å². The number of rotatable bonds is 5. The van der Waals surface area contributed by atoms with Gasteiger partial charge in [0.2, 0.25) is 0 Å². The molecule has 3 aliphatic carbocycles. The van der Waals surface area contributed by atoms with Crippen molar-refractivity contribution in [2.24, 2.45) is 5.92 Å². The predicted molar refractivity (Wildman–Crippen MR) is 305 cm³/mol. The molecule has 9 rings (SSSR count). The van der Waals surface area contributed by atoms with Crippen LogP contribution in [0.1, 0.15) is 167 Å². The first-order chi connectivity index (χ1) is 32.6. The minimum atomic E-state index is 0.00823. The maximum Gasteiger partial charge on any atom is 0.0159 e. The Hall–Kier alpha value is -5.72. The van der Waals surface area contributed by atoms with Gasteiger partial charge in [-0.2, -0.15) is 0 Å². The Morgan fingerprint density at radius 2 is 1.15 bits per heavy atom. The third-order valence-corrected chi connectivity index (χ3v) is 13.7. The summed E-state index contributed by atoms with van der Waals surface area (Å²) in [6.45, 7) is 37.0. The lowest BCUT2D eigenvalue weighted by Gasteiger charge is -2.27. The third kappa shape index (κ3) is 13.9. The molecule has 0 saturated carbocycles. The van der Waals surface area contributed by atoms with Gasteiger partial charge in [0.1, 0.15) is 0 Å². The molecular weight excluding hydrogens is 817 g/mol. The molecule has 0 aliphatic heterocycles. The van der Waals surface area contributed by atoms with Crippen LogP contribution in [0.25, 0.3) is 28.3 Å². The number of fused-ring (bicyclic) bond motifs is 5. The SMILES string of the molecule is CC.CC.CC1=CC(C)C(C)=CC=C1.CCC(C)c1c(Cc2cc3c(c4c2CCC=C4)-c2ccc(C)cc2C3(C)C)cccc1-c1ccccc1C.Cc1ccc(C)cc1.Cc1ccc(C)cc1. The van der Waals surface area contributed by atoms with Crippen LogP contribution < -0.4 is 0 Å². The molecule has 0 aromatic heterocycles. The van der Waals surface area contributed by atoms with Crippen molar-refractivity contribution in [3.8, 4) is 22.3 Å². The molecule has 0 radical (unpaired) electrons. The second-order valence-electron chi connectivity index (χ2n) is 19.4. The fourth-order valence-electron chi connectivity index (χ4n) is 9.42. The fraction of sp³-hybridized carbons (Fsp3) is 0.353. The highest BCUT2D eigenvalue weighted by atomic mass is 14.4. The van der Waals surface area contributed by atoms with Crippen LogP contribution >= 0.6 is 0 Å². The minimum Gasteiger partial charge on any atom is -0.0836 e. The molecule has 0 spiro atoms. The zero-order valence-corrected chi connectivity index (χ0v) is 45.4. The Morgan fingerprint density at radius 3 is 1.72 bits per heavy atom. The molecule has 0 bridgehead atoms. The maximum absolute atomic E-state index is 2.59. The summed E-state index contributed by atoms with van der Waals surface area (Å²) in [4.78, 5) is 0. The van der Waals surface area contributed by atoms with Crippen LogP contribution in [0.2, 0.25) is 0 Å². The second-order valence-corrected chi connectivity index (χ2v) is 19.4. The number of allylic oxidation sites excluding steroid dienone is 7. The quantitative estimate of drug-likeness (QED) is 0.162. The molecule has 0 nitrogen and oxygen atoms in total. The average molecular weight is 903 g/mol. The van der Waals surface area contributed by atoms with E-state index in [4.69, 9.17) is 0 Å². The summed E-state index contributed by atoms with van der Waals surface area (Å²) in [7, 11) is 0. The average Bonchev–Trinajstić information content (AvgIpc) is 3.45. The molecule has 2 atom stereocenters. The van der Waals surface area contributed by atoms with Gasteiger partial charge in [-0.15, -0.1) is 0 Å². The Kier molecular flexibility index (Phi) is 21.1. The van der Waals surface area contributed by atoms with Crippen LogP contribution in [0.15, 0.2) is 157 Å². The first-order valence-electron chi connectivity index (χ1n) is 25.8. The molecule has 358 valence electrons. The van der Waals surface area contributed by atoms with Crippen molar-refractivity contribution in [3.63, 3.8) is 0 Å². The van der Waals surface area contributed by atoms with E-state index in [9.17, 15) is 0 Å². The molecule has 3 aliphatic rings. The molecule has 0 fully saturated rings. The summed E-state index contributed by atoms with van der Waals surface area (Å²) in [5, 5.41) is 0. The standard InChI is InChI=1S/C38H40.C10H14.2C8H10.2C2H6/c1-7-25(3)36-27(14-12-18-31(36)29-15-9-8-13-26(29)4)22-28-23-35-37(32-17-11-10-16-30(28)32)33-20-19-24(2)21-34(33)38(35,5)6;1-8-5-4-6-9(2)10(3)7-8;2*1-7-3-5-8(2)6-4-7;2*1-2/h8-9,11-15,17-21,23,25H,7,10,16,22H2,1-6H3;4-7,10H,1-3H3;2*3-6H,1-2H3;2*1-2H3. The van der Waals surface area contributed by atoms with Gasteiger partial charge in [0, 0.05) is 5.41 Å². The van der Waals surface area contributed by atoms with Crippen LogP contribution in [-0.2, 0) is 18.3 Å². The largest absolute Gasteiger partial charge is 0.0836 e. The first kappa shape index (κ1) is 54.9. The van der Waals surface area contributed by atoms with E-state index in [1.165, 1.54) is 100 Å². The number of hydrogen-bond donors (Lipinski definition) is 0. The summed E-state index contributed by atoms with van der Waals surface area (Å²) < 4.78 is 0. The van der Waals surface area contributed by atoms with Gasteiger partial charge in [-0.1, -0.05) is 253 Å². The third-order valence-electron chi connectivity index (χ3n) is 13.7. The summed E-state index contributed by atoms with van der Waals surface area (Å²) >= 11 is 0. The Labute approximate surface area is 416 Å². The Bertz CT molecular complexity index is 2580. The van der Waals surface area contributed by atoms with Gasteiger partial charge < -0.3 is 0 Å². The van der Waals surface area contributed by atoms with Crippen molar-refractivity contribution in [1.29, 1.82) is 0 Å². The zero-order valence-electron chi connectivity index (χ0n) is 45.4. The van der Waals surface area contributed by atoms with Crippen molar-refractivity contribution in [2.45, 2.75) is 155 Å². The normalized spacial score (nSPS) is 14.8. The van der Waals surface area contributed by atoms with E-state index < -0.39 is 0 Å². The van der Waals surface area contributed by atoms with E-state index in [2.05, 4.69) is 242 Å². The van der Waals surface area contributed by atoms with Gasteiger partial charge in [0.05, 0.1) is 0 Å². The van der Waals surface area contributed by atoms with Gasteiger partial charge >= 0.3 is 0 Å². The van der Waals surface area contributed by atoms with Crippen LogP contribution in [0.3, 0.4) is 0 Å². The molecule has 0 heterocycles. The van der Waals surface area contributed by atoms with Crippen molar-refractivity contribution >= 4 is 6.08 Å². The van der Waals surface area contributed by atoms with Crippen LogP contribution in [0, 0.1) is 47.5 Å². The summed E-state index contributed by atoms with van der Waals surface area (Å²) in [6, 6.07) is 42.5. The molecular formula is C68H86. The molecule has 6 aromatic rings. The molecule has 68 heavy (non-hydrogen) atoms. The van der Waals surface area contributed by atoms with E-state index in [1.807, 2.05) is 27.7 Å². The highest BCUT2D eigenvalue weighted by Gasteiger charge is 2.38. The molecule has 2 unspecified atom stereocenters. The summed E-state index contributed by atoms with van der Waals surface area (Å²) in [5.41, 5.74) is 27.1. The van der Waals surface area contributed by atoms with Gasteiger partial charge in [0.15, 0.2) is 0 Å². The van der Waals surface area contributed by atoms with E-state index >= 15 is 0 Å². The molecule has 6 aromatic carbocycles. The van der Waals surface area contributed by atoms with Crippen LogP contribution in [-0.4, -0.2) is 0 Å². The molecule has 0 N–H and O–H groups in total. The van der Waals surface area contributed by atoms with Gasteiger partial charge in [-0.05, 0) is 160 Å². The van der Waals surface area contributed by atoms with Crippen LogP contribution in [0.5, 0.6) is 0 Å². The first-order valence-corrected chi connectivity index (χ1v) is 25.8. The lowest BCUT2D eigenvalue weighted by atomic mass is 9.77. The van der Waals surface area contributed by atoms with E-state index in [1.54, 1.807) is 5.56 Å². The van der Waals surface area contributed by atoms with E-state index in [0.29, 0.717) is 11.8 Å². The van der Waals surface area contributed by atoms with Crippen LogP contribution in [0.4, 0.5) is 0 Å². The zero-order chi connectivity index (χ0) is 50.1. The fourth-order valence-corrected chi connectivity index (χ4v) is 9.42. The van der Waals surface area contributed by atoms with Crippen molar-refractivity contribution < 1.29 is 0 Å². The Morgan fingerprint density at radius 1 is 0.588 bits per heavy atom. The highest BCUT2D eigenvalue weighted by molar-refractivity contribution is 5.90. The number of aryl methyl sites for hydroxylation is 6. The van der Waals surface area contributed by atoms with Gasteiger partial charge in [-0.3, -0.25) is 0 Å². The highest BCUT2D eigenvalue weighted by Crippen LogP contribution is 2.53. The monoisotopic (exact) mass is 903 g/mol. The Balaban J connectivity index is 0.000000270. The van der Waals surface area contributed by atoms with Crippen molar-refractivity contribution in [3.05, 3.63) is 229 Å². The summed E-state index contributed by atoms with van der Waals surface area (Å²) in [6.07, 6.45) is 17.9. The predicted octanol–water partition coefficient (Wildman–Crippen LogP) is 20.1. The lowest BCUT2D eigenvalue weighted by Crippen LogP contribution is -2.17. The number of hydrogen-bond acceptors (Lipinski definition) is 0. The maximum atomic E-state index is 2.59. The van der Waals surface area contributed by atoms with Gasteiger partial charge in [0.25, 0.3) is 0 Å². The second kappa shape index (κ2) is 26.1. The molecule has 0 heteroatoms. The van der Waals surface area contributed by atoms with Gasteiger partial charge in [-0.25, -0.2) is 0 Å². The van der Waals surface area contributed by atoms with E-state index in [0.717, 1.165) is 25.7 Å².